The first kappa shape index (κ1) is 16.3. The highest BCUT2D eigenvalue weighted by Gasteiger charge is 2.51. The predicted octanol–water partition coefficient (Wildman–Crippen LogP) is 3.26. The Hall–Kier alpha value is -1.59. The third kappa shape index (κ3) is 2.95. The van der Waals surface area contributed by atoms with E-state index in [4.69, 9.17) is 9.31 Å². The lowest BCUT2D eigenvalue weighted by Gasteiger charge is -2.32. The highest BCUT2D eigenvalue weighted by molar-refractivity contribution is 6.62. The second-order valence-corrected chi connectivity index (χ2v) is 7.18. The van der Waals surface area contributed by atoms with Gasteiger partial charge in [-0.1, -0.05) is 31.2 Å². The van der Waals surface area contributed by atoms with E-state index in [0.717, 1.165) is 29.7 Å². The van der Waals surface area contributed by atoms with Crippen molar-refractivity contribution in [3.05, 3.63) is 36.8 Å². The molecule has 1 fully saturated rings. The molecule has 122 valence electrons. The summed E-state index contributed by atoms with van der Waals surface area (Å²) in [5.74, 6) is 0. The van der Waals surface area contributed by atoms with Crippen molar-refractivity contribution in [1.29, 1.82) is 0 Å². The van der Waals surface area contributed by atoms with E-state index in [-0.39, 0.29) is 18.3 Å². The first-order chi connectivity index (χ1) is 10.8. The average molecular weight is 312 g/mol. The van der Waals surface area contributed by atoms with Crippen molar-refractivity contribution < 1.29 is 9.31 Å². The fourth-order valence-electron chi connectivity index (χ4n) is 2.77. The van der Waals surface area contributed by atoms with Crippen LogP contribution in [-0.4, -0.2) is 27.9 Å². The van der Waals surface area contributed by atoms with E-state index in [9.17, 15) is 0 Å². The standard InChI is InChI=1S/C18H25BN2O2/c1-6-11-21-13-20-12-16(21)14-7-9-15(10-8-14)19-22-17(2,3)18(4,5)23-19/h7-10,12-13H,6,11H2,1-5H3. The number of nitrogens with zero attached hydrogens (tertiary/aromatic N) is 2. The molecule has 1 aromatic carbocycles. The largest absolute Gasteiger partial charge is 0.494 e. The molecule has 0 radical (unpaired) electrons. The maximum absolute atomic E-state index is 6.10. The summed E-state index contributed by atoms with van der Waals surface area (Å²) in [6.45, 7) is 11.4. The Morgan fingerprint density at radius 3 is 2.22 bits per heavy atom. The van der Waals surface area contributed by atoms with E-state index in [1.807, 2.05) is 12.5 Å². The van der Waals surface area contributed by atoms with E-state index in [1.54, 1.807) is 0 Å². The molecular formula is C18H25BN2O2. The zero-order valence-electron chi connectivity index (χ0n) is 14.7. The van der Waals surface area contributed by atoms with Crippen LogP contribution in [0, 0.1) is 0 Å². The minimum atomic E-state index is -0.311. The summed E-state index contributed by atoms with van der Waals surface area (Å²) in [6, 6.07) is 8.40. The lowest BCUT2D eigenvalue weighted by molar-refractivity contribution is 0.00578. The molecule has 1 aromatic heterocycles. The molecule has 23 heavy (non-hydrogen) atoms. The van der Waals surface area contributed by atoms with Crippen molar-refractivity contribution in [1.82, 2.24) is 9.55 Å². The van der Waals surface area contributed by atoms with Crippen molar-refractivity contribution in [3.63, 3.8) is 0 Å². The van der Waals surface area contributed by atoms with Crippen LogP contribution in [0.25, 0.3) is 11.3 Å². The van der Waals surface area contributed by atoms with E-state index >= 15 is 0 Å². The molecule has 0 N–H and O–H groups in total. The molecule has 0 amide bonds. The van der Waals surface area contributed by atoms with Gasteiger partial charge in [0.15, 0.2) is 0 Å². The maximum atomic E-state index is 6.10. The molecule has 0 spiro atoms. The van der Waals surface area contributed by atoms with Crippen LogP contribution in [0.2, 0.25) is 0 Å². The Kier molecular flexibility index (Phi) is 4.11. The van der Waals surface area contributed by atoms with Gasteiger partial charge in [0.05, 0.1) is 29.4 Å². The summed E-state index contributed by atoms with van der Waals surface area (Å²) in [7, 11) is -0.311. The van der Waals surface area contributed by atoms with Crippen molar-refractivity contribution in [2.75, 3.05) is 0 Å². The Labute approximate surface area is 139 Å². The Bertz CT molecular complexity index is 661. The quantitative estimate of drug-likeness (QED) is 0.813. The molecule has 1 aliphatic rings. The SMILES string of the molecule is CCCn1cncc1-c1ccc(B2OC(C)(C)C(C)(C)O2)cc1. The Balaban J connectivity index is 1.82. The third-order valence-corrected chi connectivity index (χ3v) is 4.91. The van der Waals surface area contributed by atoms with Gasteiger partial charge >= 0.3 is 7.12 Å². The van der Waals surface area contributed by atoms with Crippen molar-refractivity contribution in [2.45, 2.75) is 58.8 Å². The lowest BCUT2D eigenvalue weighted by atomic mass is 9.79. The van der Waals surface area contributed by atoms with Gasteiger partial charge in [0.1, 0.15) is 0 Å². The summed E-state index contributed by atoms with van der Waals surface area (Å²) in [4.78, 5) is 4.27. The summed E-state index contributed by atoms with van der Waals surface area (Å²) in [6.07, 6.45) is 4.90. The molecule has 3 rings (SSSR count). The topological polar surface area (TPSA) is 36.3 Å². The molecule has 0 unspecified atom stereocenters. The van der Waals surface area contributed by atoms with Gasteiger partial charge in [0.2, 0.25) is 0 Å². The van der Waals surface area contributed by atoms with Crippen LogP contribution in [0.5, 0.6) is 0 Å². The third-order valence-electron chi connectivity index (χ3n) is 4.91. The molecule has 1 aliphatic heterocycles. The normalized spacial score (nSPS) is 19.3. The number of imidazole rings is 1. The number of hydrogen-bond donors (Lipinski definition) is 0. The molecule has 0 aliphatic carbocycles. The van der Waals surface area contributed by atoms with Crippen LogP contribution >= 0.6 is 0 Å². The minimum absolute atomic E-state index is 0.309. The average Bonchev–Trinajstić information content (AvgIpc) is 3.02. The van der Waals surface area contributed by atoms with Crippen LogP contribution in [0.15, 0.2) is 36.8 Å². The van der Waals surface area contributed by atoms with E-state index in [0.29, 0.717) is 0 Å². The van der Waals surface area contributed by atoms with Gasteiger partial charge in [-0.05, 0) is 45.1 Å². The van der Waals surface area contributed by atoms with E-state index in [1.165, 1.54) is 0 Å². The Morgan fingerprint density at radius 2 is 1.65 bits per heavy atom. The molecule has 0 bridgehead atoms. The lowest BCUT2D eigenvalue weighted by Crippen LogP contribution is -2.41. The van der Waals surface area contributed by atoms with Crippen LogP contribution in [0.1, 0.15) is 41.0 Å². The van der Waals surface area contributed by atoms with E-state index < -0.39 is 0 Å². The van der Waals surface area contributed by atoms with Crippen LogP contribution < -0.4 is 5.46 Å². The van der Waals surface area contributed by atoms with Crippen molar-refractivity contribution >= 4 is 12.6 Å². The number of aromatic nitrogens is 2. The van der Waals surface area contributed by atoms with Gasteiger partial charge in [-0.3, -0.25) is 0 Å². The second-order valence-electron chi connectivity index (χ2n) is 7.18. The first-order valence-corrected chi connectivity index (χ1v) is 8.30. The van der Waals surface area contributed by atoms with Gasteiger partial charge < -0.3 is 13.9 Å². The summed E-state index contributed by atoms with van der Waals surface area (Å²) in [5, 5.41) is 0. The molecule has 2 aromatic rings. The highest BCUT2D eigenvalue weighted by Crippen LogP contribution is 2.36. The number of aryl methyl sites for hydroxylation is 1. The second kappa shape index (κ2) is 5.80. The smallest absolute Gasteiger partial charge is 0.399 e. The molecule has 4 nitrogen and oxygen atoms in total. The number of hydrogen-bond acceptors (Lipinski definition) is 3. The molecule has 5 heteroatoms. The van der Waals surface area contributed by atoms with Gasteiger partial charge in [0, 0.05) is 6.54 Å². The summed E-state index contributed by atoms with van der Waals surface area (Å²) in [5.41, 5.74) is 2.74. The summed E-state index contributed by atoms with van der Waals surface area (Å²) >= 11 is 0. The van der Waals surface area contributed by atoms with E-state index in [2.05, 4.69) is 68.4 Å². The minimum Gasteiger partial charge on any atom is -0.399 e. The van der Waals surface area contributed by atoms with Gasteiger partial charge in [0.25, 0.3) is 0 Å². The van der Waals surface area contributed by atoms with Gasteiger partial charge in [-0.15, -0.1) is 0 Å². The zero-order chi connectivity index (χ0) is 16.7. The van der Waals surface area contributed by atoms with Crippen molar-refractivity contribution in [3.8, 4) is 11.3 Å². The van der Waals surface area contributed by atoms with Crippen LogP contribution in [0.4, 0.5) is 0 Å². The van der Waals surface area contributed by atoms with Crippen LogP contribution in [0.3, 0.4) is 0 Å². The van der Waals surface area contributed by atoms with Crippen LogP contribution in [-0.2, 0) is 15.9 Å². The van der Waals surface area contributed by atoms with Gasteiger partial charge in [-0.25, -0.2) is 4.98 Å². The first-order valence-electron chi connectivity index (χ1n) is 8.30. The molecule has 0 atom stereocenters. The molecule has 2 heterocycles. The fraction of sp³-hybridized carbons (Fsp3) is 0.500. The monoisotopic (exact) mass is 312 g/mol. The van der Waals surface area contributed by atoms with Crippen molar-refractivity contribution in [2.24, 2.45) is 0 Å². The molecular weight excluding hydrogens is 287 g/mol. The number of rotatable bonds is 4. The molecule has 0 saturated carbocycles. The number of benzene rings is 1. The summed E-state index contributed by atoms with van der Waals surface area (Å²) < 4.78 is 14.4. The maximum Gasteiger partial charge on any atom is 0.494 e. The highest BCUT2D eigenvalue weighted by atomic mass is 16.7. The Morgan fingerprint density at radius 1 is 1.04 bits per heavy atom. The zero-order valence-corrected chi connectivity index (χ0v) is 14.7. The fourth-order valence-corrected chi connectivity index (χ4v) is 2.77. The van der Waals surface area contributed by atoms with Gasteiger partial charge in [-0.2, -0.15) is 0 Å². The molecule has 1 saturated heterocycles. The predicted molar refractivity (Wildman–Crippen MR) is 93.7 cm³/mol.